The zero-order valence-electron chi connectivity index (χ0n) is 9.08. The molecule has 0 aromatic heterocycles. The molecule has 0 saturated heterocycles. The highest BCUT2D eigenvalue weighted by molar-refractivity contribution is 9.11. The first kappa shape index (κ1) is 13.8. The lowest BCUT2D eigenvalue weighted by Gasteiger charge is -2.05. The van der Waals surface area contributed by atoms with Crippen LogP contribution in [0.5, 0.6) is 0 Å². The summed E-state index contributed by atoms with van der Waals surface area (Å²) in [5.74, 6) is -0.0438. The first-order chi connectivity index (χ1) is 8.47. The maximum atomic E-state index is 12.3. The Morgan fingerprint density at radius 2 is 1.50 bits per heavy atom. The topological polar surface area (TPSA) is 43.1 Å². The van der Waals surface area contributed by atoms with Gasteiger partial charge >= 0.3 is 0 Å². The minimum Gasteiger partial charge on any atom is -0.398 e. The number of hydrogen-bond acceptors (Lipinski definition) is 2. The van der Waals surface area contributed by atoms with E-state index in [2.05, 4.69) is 47.8 Å². The van der Waals surface area contributed by atoms with Crippen molar-refractivity contribution in [3.63, 3.8) is 0 Å². The second-order valence-electron chi connectivity index (χ2n) is 3.72. The van der Waals surface area contributed by atoms with E-state index in [0.717, 1.165) is 13.4 Å². The second kappa shape index (κ2) is 5.55. The highest BCUT2D eigenvalue weighted by atomic mass is 79.9. The molecule has 92 valence electrons. The molecule has 0 aliphatic heterocycles. The number of benzene rings is 2. The van der Waals surface area contributed by atoms with Crippen LogP contribution in [-0.2, 0) is 0 Å². The third kappa shape index (κ3) is 3.02. The van der Waals surface area contributed by atoms with Gasteiger partial charge in [0.1, 0.15) is 0 Å². The van der Waals surface area contributed by atoms with Crippen molar-refractivity contribution in [2.24, 2.45) is 0 Å². The van der Waals surface area contributed by atoms with E-state index in [0.29, 0.717) is 16.8 Å². The van der Waals surface area contributed by atoms with Crippen LogP contribution in [0.4, 0.5) is 5.69 Å². The van der Waals surface area contributed by atoms with Crippen LogP contribution in [0.3, 0.4) is 0 Å². The van der Waals surface area contributed by atoms with Crippen molar-refractivity contribution >= 4 is 59.3 Å². The van der Waals surface area contributed by atoms with Crippen LogP contribution < -0.4 is 5.73 Å². The maximum Gasteiger partial charge on any atom is 0.193 e. The number of ketones is 1. The zero-order valence-corrected chi connectivity index (χ0v) is 13.8. The molecule has 2 rings (SSSR count). The van der Waals surface area contributed by atoms with Crippen LogP contribution in [0.2, 0.25) is 0 Å². The van der Waals surface area contributed by atoms with Gasteiger partial charge in [-0.15, -0.1) is 0 Å². The number of carbonyl (C=O) groups is 1. The minimum atomic E-state index is -0.0438. The fourth-order valence-electron chi connectivity index (χ4n) is 1.52. The van der Waals surface area contributed by atoms with Gasteiger partial charge in [-0.1, -0.05) is 31.9 Å². The summed E-state index contributed by atoms with van der Waals surface area (Å²) in [6.07, 6.45) is 0. The van der Waals surface area contributed by atoms with Gasteiger partial charge in [-0.2, -0.15) is 0 Å². The van der Waals surface area contributed by atoms with Gasteiger partial charge in [-0.25, -0.2) is 0 Å². The van der Waals surface area contributed by atoms with Crippen LogP contribution in [0.15, 0.2) is 49.8 Å². The Bertz CT molecular complexity index is 605. The molecule has 0 heterocycles. The lowest BCUT2D eigenvalue weighted by Crippen LogP contribution is -2.02. The summed E-state index contributed by atoms with van der Waals surface area (Å²) >= 11 is 10.1. The van der Waals surface area contributed by atoms with Crippen LogP contribution in [0.25, 0.3) is 0 Å². The molecule has 2 N–H and O–H groups in total. The number of nitrogens with two attached hydrogens (primary N) is 1. The predicted molar refractivity (Wildman–Crippen MR) is 83.8 cm³/mol. The summed E-state index contributed by atoms with van der Waals surface area (Å²) < 4.78 is 2.44. The summed E-state index contributed by atoms with van der Waals surface area (Å²) in [5, 5.41) is 0. The minimum absolute atomic E-state index is 0.0438. The molecule has 2 aromatic rings. The molecule has 0 fully saturated rings. The maximum absolute atomic E-state index is 12.3. The van der Waals surface area contributed by atoms with E-state index in [1.807, 2.05) is 6.07 Å². The molecular weight excluding hydrogens is 426 g/mol. The summed E-state index contributed by atoms with van der Waals surface area (Å²) in [6.45, 7) is 0. The van der Waals surface area contributed by atoms with Crippen LogP contribution in [0.1, 0.15) is 15.9 Å². The number of hydrogen-bond donors (Lipinski definition) is 1. The molecule has 2 nitrogen and oxygen atoms in total. The quantitative estimate of drug-likeness (QED) is 0.546. The first-order valence-corrected chi connectivity index (χ1v) is 7.41. The van der Waals surface area contributed by atoms with Crippen molar-refractivity contribution in [2.45, 2.75) is 0 Å². The smallest absolute Gasteiger partial charge is 0.193 e. The highest BCUT2D eigenvalue weighted by Gasteiger charge is 2.11. The van der Waals surface area contributed by atoms with E-state index in [4.69, 9.17) is 5.73 Å². The Hall–Kier alpha value is -0.650. The molecule has 0 unspecified atom stereocenters. The van der Waals surface area contributed by atoms with Gasteiger partial charge in [-0.05, 0) is 52.3 Å². The molecule has 5 heteroatoms. The number of rotatable bonds is 2. The average Bonchev–Trinajstić information content (AvgIpc) is 2.30. The molecule has 18 heavy (non-hydrogen) atoms. The zero-order chi connectivity index (χ0) is 13.3. The number of anilines is 1. The lowest BCUT2D eigenvalue weighted by atomic mass is 10.0. The highest BCUT2D eigenvalue weighted by Crippen LogP contribution is 2.25. The van der Waals surface area contributed by atoms with Crippen molar-refractivity contribution in [2.75, 3.05) is 5.73 Å². The molecule has 0 spiro atoms. The summed E-state index contributed by atoms with van der Waals surface area (Å²) in [6, 6.07) is 10.6. The Balaban J connectivity index is 2.44. The summed E-state index contributed by atoms with van der Waals surface area (Å²) in [5.41, 5.74) is 7.53. The van der Waals surface area contributed by atoms with Crippen LogP contribution in [-0.4, -0.2) is 5.78 Å². The number of nitrogen functional groups attached to an aromatic ring is 1. The molecule has 0 radical (unpaired) electrons. The number of halogens is 3. The van der Waals surface area contributed by atoms with Crippen molar-refractivity contribution in [3.05, 3.63) is 60.9 Å². The molecule has 0 aliphatic rings. The van der Waals surface area contributed by atoms with E-state index >= 15 is 0 Å². The molecule has 0 saturated carbocycles. The fraction of sp³-hybridized carbons (Fsp3) is 0. The Labute approximate surface area is 130 Å². The molecule has 2 aromatic carbocycles. The van der Waals surface area contributed by atoms with Gasteiger partial charge in [-0.3, -0.25) is 4.79 Å². The van der Waals surface area contributed by atoms with Crippen LogP contribution >= 0.6 is 47.8 Å². The summed E-state index contributed by atoms with van der Waals surface area (Å²) in [4.78, 5) is 12.3. The first-order valence-electron chi connectivity index (χ1n) is 5.03. The molecule has 0 aliphatic carbocycles. The molecule has 0 bridgehead atoms. The van der Waals surface area contributed by atoms with E-state index in [1.54, 1.807) is 30.3 Å². The monoisotopic (exact) mass is 431 g/mol. The van der Waals surface area contributed by atoms with E-state index in [1.165, 1.54) is 0 Å². The largest absolute Gasteiger partial charge is 0.398 e. The van der Waals surface area contributed by atoms with Crippen molar-refractivity contribution in [1.29, 1.82) is 0 Å². The number of carbonyl (C=O) groups excluding carboxylic acids is 1. The van der Waals surface area contributed by atoms with Crippen molar-refractivity contribution in [1.82, 2.24) is 0 Å². The van der Waals surface area contributed by atoms with Gasteiger partial charge in [0, 0.05) is 30.2 Å². The van der Waals surface area contributed by atoms with Crippen molar-refractivity contribution in [3.8, 4) is 0 Å². The van der Waals surface area contributed by atoms with Gasteiger partial charge in [0.15, 0.2) is 5.78 Å². The SMILES string of the molecule is Nc1ccc(C(=O)c2cc(Br)cc(Br)c2)cc1Br. The van der Waals surface area contributed by atoms with Gasteiger partial charge in [0.05, 0.1) is 0 Å². The third-order valence-corrected chi connectivity index (χ3v) is 3.99. The fourth-order valence-corrected chi connectivity index (χ4v) is 3.19. The second-order valence-corrected chi connectivity index (χ2v) is 6.41. The molecule has 0 atom stereocenters. The van der Waals surface area contributed by atoms with E-state index in [9.17, 15) is 4.79 Å². The molecular formula is C13H8Br3NO. The van der Waals surface area contributed by atoms with E-state index < -0.39 is 0 Å². The van der Waals surface area contributed by atoms with Crippen LogP contribution in [0, 0.1) is 0 Å². The predicted octanol–water partition coefficient (Wildman–Crippen LogP) is 4.79. The van der Waals surface area contributed by atoms with Gasteiger partial charge in [0.2, 0.25) is 0 Å². The molecule has 0 amide bonds. The van der Waals surface area contributed by atoms with Crippen molar-refractivity contribution < 1.29 is 4.79 Å². The average molecular weight is 434 g/mol. The Kier molecular flexibility index (Phi) is 4.25. The van der Waals surface area contributed by atoms with E-state index in [-0.39, 0.29) is 5.78 Å². The Morgan fingerprint density at radius 3 is 2.06 bits per heavy atom. The third-order valence-electron chi connectivity index (χ3n) is 2.39. The van der Waals surface area contributed by atoms with Gasteiger partial charge < -0.3 is 5.73 Å². The Morgan fingerprint density at radius 1 is 0.889 bits per heavy atom. The lowest BCUT2D eigenvalue weighted by molar-refractivity contribution is 0.103. The summed E-state index contributed by atoms with van der Waals surface area (Å²) in [7, 11) is 0. The normalized spacial score (nSPS) is 10.4. The van der Waals surface area contributed by atoms with Gasteiger partial charge in [0.25, 0.3) is 0 Å². The standard InChI is InChI=1S/C13H8Br3NO/c14-9-3-8(4-10(15)6-9)13(18)7-1-2-12(17)11(16)5-7/h1-6H,17H2.